The third-order valence-electron chi connectivity index (χ3n) is 3.29. The molecular weight excluding hydrogens is 274 g/mol. The van der Waals surface area contributed by atoms with Crippen LogP contribution in [0.4, 0.5) is 0 Å². The molecule has 0 aliphatic heterocycles. The van der Waals surface area contributed by atoms with Crippen molar-refractivity contribution >= 4 is 5.97 Å². The van der Waals surface area contributed by atoms with Crippen LogP contribution in [-0.2, 0) is 9.53 Å². The van der Waals surface area contributed by atoms with Crippen molar-refractivity contribution in [2.24, 2.45) is 0 Å². The molecule has 0 heterocycles. The van der Waals surface area contributed by atoms with Crippen LogP contribution in [-0.4, -0.2) is 66.9 Å². The second-order valence-electron chi connectivity index (χ2n) is 5.18. The number of carboxylic acids is 1. The van der Waals surface area contributed by atoms with E-state index in [0.717, 1.165) is 25.7 Å². The second-order valence-corrected chi connectivity index (χ2v) is 5.18. The lowest BCUT2D eigenvalue weighted by Gasteiger charge is -2.37. The van der Waals surface area contributed by atoms with Crippen LogP contribution in [0.15, 0.2) is 12.2 Å². The average molecular weight is 303 g/mol. The second kappa shape index (κ2) is 12.8. The number of hydrogen-bond acceptors (Lipinski definition) is 5. The Labute approximate surface area is 127 Å². The first-order chi connectivity index (χ1) is 10.1. The van der Waals surface area contributed by atoms with Crippen LogP contribution in [0, 0.1) is 0 Å². The van der Waals surface area contributed by atoms with Crippen LogP contribution < -0.4 is 5.11 Å². The van der Waals surface area contributed by atoms with Gasteiger partial charge in [-0.2, -0.15) is 0 Å². The van der Waals surface area contributed by atoms with Crippen LogP contribution in [0.3, 0.4) is 0 Å². The van der Waals surface area contributed by atoms with Gasteiger partial charge in [0.1, 0.15) is 19.6 Å². The van der Waals surface area contributed by atoms with E-state index in [2.05, 4.69) is 19.1 Å². The van der Waals surface area contributed by atoms with E-state index in [9.17, 15) is 9.90 Å². The van der Waals surface area contributed by atoms with E-state index in [0.29, 0.717) is 6.61 Å². The molecule has 0 rings (SSSR count). The highest BCUT2D eigenvalue weighted by Gasteiger charge is 2.27. The number of allylic oxidation sites excluding steroid dienone is 2. The predicted octanol–water partition coefficient (Wildman–Crippen LogP) is -0.352. The van der Waals surface area contributed by atoms with Crippen molar-refractivity contribution in [3.8, 4) is 0 Å². The molecule has 21 heavy (non-hydrogen) atoms. The summed E-state index contributed by atoms with van der Waals surface area (Å²) in [5.41, 5.74) is 0. The lowest BCUT2D eigenvalue weighted by atomic mass is 10.2. The molecule has 0 bridgehead atoms. The Bertz CT molecular complexity index is 288. The maximum atomic E-state index is 10.8. The summed E-state index contributed by atoms with van der Waals surface area (Å²) < 4.78 is 5.54. The molecule has 0 atom stereocenters. The number of carbonyl (C=O) groups excluding carboxylic acids is 1. The number of aliphatic carboxylic acids is 1. The highest BCUT2D eigenvalue weighted by molar-refractivity contribution is 5.65. The Balaban J connectivity index is 4.10. The molecule has 0 spiro atoms. The van der Waals surface area contributed by atoms with Crippen molar-refractivity contribution in [2.45, 2.75) is 32.6 Å². The third-order valence-corrected chi connectivity index (χ3v) is 3.29. The molecule has 0 amide bonds. The molecule has 0 aliphatic rings. The highest BCUT2D eigenvalue weighted by Crippen LogP contribution is 2.07. The van der Waals surface area contributed by atoms with E-state index in [1.54, 1.807) is 0 Å². The number of aliphatic hydroxyl groups is 2. The van der Waals surface area contributed by atoms with E-state index in [1.165, 1.54) is 0 Å². The third kappa shape index (κ3) is 10.4. The van der Waals surface area contributed by atoms with E-state index in [1.807, 2.05) is 0 Å². The summed E-state index contributed by atoms with van der Waals surface area (Å²) in [5, 5.41) is 29.0. The topological polar surface area (TPSA) is 89.8 Å². The minimum atomic E-state index is -1.20. The molecule has 0 aromatic rings. The Morgan fingerprint density at radius 2 is 1.86 bits per heavy atom. The normalized spacial score (nSPS) is 12.1. The molecule has 0 unspecified atom stereocenters. The number of aliphatic hydroxyl groups excluding tert-OH is 2. The maximum Gasteiger partial charge on any atom is 0.183 e. The molecular formula is C15H29NO5. The molecule has 0 saturated carbocycles. The first kappa shape index (κ1) is 20.1. The van der Waals surface area contributed by atoms with Gasteiger partial charge in [0, 0.05) is 0 Å². The molecule has 2 N–H and O–H groups in total. The summed E-state index contributed by atoms with van der Waals surface area (Å²) in [5.74, 6) is -1.20. The largest absolute Gasteiger partial charge is 0.544 e. The van der Waals surface area contributed by atoms with Gasteiger partial charge in [0.05, 0.1) is 25.8 Å². The number of carbonyl (C=O) groups is 1. The van der Waals surface area contributed by atoms with E-state index in [-0.39, 0.29) is 44.1 Å². The first-order valence-electron chi connectivity index (χ1n) is 7.59. The van der Waals surface area contributed by atoms with Gasteiger partial charge in [-0.3, -0.25) is 4.48 Å². The Kier molecular flexibility index (Phi) is 12.2. The predicted molar refractivity (Wildman–Crippen MR) is 78.1 cm³/mol. The van der Waals surface area contributed by atoms with E-state index >= 15 is 0 Å². The minimum Gasteiger partial charge on any atom is -0.544 e. The molecule has 0 aromatic heterocycles. The number of rotatable bonds is 14. The van der Waals surface area contributed by atoms with Crippen LogP contribution in [0.2, 0.25) is 0 Å². The van der Waals surface area contributed by atoms with Crippen molar-refractivity contribution in [1.82, 2.24) is 0 Å². The molecule has 0 saturated heterocycles. The van der Waals surface area contributed by atoms with Gasteiger partial charge in [-0.25, -0.2) is 0 Å². The van der Waals surface area contributed by atoms with Crippen LogP contribution >= 0.6 is 0 Å². The van der Waals surface area contributed by atoms with Crippen molar-refractivity contribution < 1.29 is 29.3 Å². The van der Waals surface area contributed by atoms with Gasteiger partial charge in [-0.15, -0.1) is 0 Å². The monoisotopic (exact) mass is 303 g/mol. The van der Waals surface area contributed by atoms with Gasteiger partial charge in [0.2, 0.25) is 0 Å². The van der Waals surface area contributed by atoms with Crippen LogP contribution in [0.5, 0.6) is 0 Å². The van der Waals surface area contributed by atoms with E-state index < -0.39 is 5.97 Å². The lowest BCUT2D eigenvalue weighted by Crippen LogP contribution is -2.58. The quantitative estimate of drug-likeness (QED) is 0.198. The SMILES string of the molecule is CC/C=C/CCCCOC[N+](CCO)(CCO)CC(=O)[O-]. The van der Waals surface area contributed by atoms with Crippen molar-refractivity contribution in [3.05, 3.63) is 12.2 Å². The standard InChI is InChI=1S/C15H29NO5/c1-2-3-4-5-6-7-12-21-14-16(8-10-17,9-11-18)13-15(19)20/h3-4,17-18H,2,5-14H2,1H3/b4-3+. The van der Waals surface area contributed by atoms with Gasteiger partial charge in [-0.05, 0) is 25.7 Å². The summed E-state index contributed by atoms with van der Waals surface area (Å²) in [6, 6.07) is 0. The molecule has 6 heteroatoms. The van der Waals surface area contributed by atoms with Gasteiger partial charge >= 0.3 is 0 Å². The van der Waals surface area contributed by atoms with Gasteiger partial charge in [0.15, 0.2) is 6.73 Å². The summed E-state index contributed by atoms with van der Waals surface area (Å²) in [6.45, 7) is 2.69. The highest BCUT2D eigenvalue weighted by atomic mass is 16.5. The first-order valence-corrected chi connectivity index (χ1v) is 7.59. The zero-order chi connectivity index (χ0) is 16.0. The molecule has 124 valence electrons. The Hall–Kier alpha value is -0.950. The molecule has 0 aromatic carbocycles. The van der Waals surface area contributed by atoms with Crippen molar-refractivity contribution in [1.29, 1.82) is 0 Å². The van der Waals surface area contributed by atoms with Crippen LogP contribution in [0.1, 0.15) is 32.6 Å². The summed E-state index contributed by atoms with van der Waals surface area (Å²) in [7, 11) is 0. The molecule has 0 radical (unpaired) electrons. The zero-order valence-corrected chi connectivity index (χ0v) is 13.0. The summed E-state index contributed by atoms with van der Waals surface area (Å²) >= 11 is 0. The molecule has 0 aliphatic carbocycles. The zero-order valence-electron chi connectivity index (χ0n) is 13.0. The van der Waals surface area contributed by atoms with Gasteiger partial charge in [-0.1, -0.05) is 19.1 Å². The fraction of sp³-hybridized carbons (Fsp3) is 0.800. The number of ether oxygens (including phenoxy) is 1. The Morgan fingerprint density at radius 1 is 1.19 bits per heavy atom. The fourth-order valence-electron chi connectivity index (χ4n) is 2.15. The van der Waals surface area contributed by atoms with Crippen LogP contribution in [0.25, 0.3) is 0 Å². The van der Waals surface area contributed by atoms with Crippen molar-refractivity contribution in [2.75, 3.05) is 46.2 Å². The fourth-order valence-corrected chi connectivity index (χ4v) is 2.15. The summed E-state index contributed by atoms with van der Waals surface area (Å²) in [4.78, 5) is 10.8. The smallest absolute Gasteiger partial charge is 0.183 e. The van der Waals surface area contributed by atoms with Crippen molar-refractivity contribution in [3.63, 3.8) is 0 Å². The minimum absolute atomic E-state index is 0.00886. The molecule has 6 nitrogen and oxygen atoms in total. The maximum absolute atomic E-state index is 10.8. The number of quaternary nitrogens is 1. The number of unbranched alkanes of at least 4 members (excludes halogenated alkanes) is 2. The molecule has 0 fully saturated rings. The lowest BCUT2D eigenvalue weighted by molar-refractivity contribution is -0.941. The Morgan fingerprint density at radius 3 is 2.38 bits per heavy atom. The average Bonchev–Trinajstić information content (AvgIpc) is 2.41. The van der Waals surface area contributed by atoms with E-state index in [4.69, 9.17) is 14.9 Å². The van der Waals surface area contributed by atoms with Gasteiger partial charge < -0.3 is 24.9 Å². The summed E-state index contributed by atoms with van der Waals surface area (Å²) in [6.07, 6.45) is 8.26. The number of nitrogens with zero attached hydrogens (tertiary/aromatic N) is 1. The number of hydrogen-bond donors (Lipinski definition) is 2. The number of carboxylic acid groups (broad SMARTS) is 1. The van der Waals surface area contributed by atoms with Gasteiger partial charge in [0.25, 0.3) is 0 Å².